The largest absolute Gasteiger partial charge is 0.444 e. The molecule has 30 heavy (non-hydrogen) atoms. The quantitative estimate of drug-likeness (QED) is 0.747. The van der Waals surface area contributed by atoms with Gasteiger partial charge in [-0.25, -0.2) is 4.79 Å². The van der Waals surface area contributed by atoms with Crippen LogP contribution in [0.15, 0.2) is 24.3 Å². The topological polar surface area (TPSA) is 58.8 Å². The van der Waals surface area contributed by atoms with E-state index in [1.165, 1.54) is 30.4 Å². The molecule has 0 radical (unpaired) electrons. The Morgan fingerprint density at radius 2 is 1.70 bits per heavy atom. The molecule has 2 N–H and O–H groups in total. The Hall–Kier alpha value is -1.59. The van der Waals surface area contributed by atoms with E-state index >= 15 is 0 Å². The van der Waals surface area contributed by atoms with Gasteiger partial charge in [-0.1, -0.05) is 37.1 Å². The number of piperidine rings is 1. The molecule has 5 heteroatoms. The average Bonchev–Trinajstić information content (AvgIpc) is 3.47. The molecule has 0 aromatic heterocycles. The van der Waals surface area contributed by atoms with Crippen LogP contribution in [0.5, 0.6) is 0 Å². The molecular weight excluding hydrogens is 374 g/mol. The maximum atomic E-state index is 12.4. The van der Waals surface area contributed by atoms with Crippen LogP contribution in [0.1, 0.15) is 83.0 Å². The van der Waals surface area contributed by atoms with Crippen LogP contribution in [0.25, 0.3) is 0 Å². The number of hydrogen-bond acceptors (Lipinski definition) is 4. The standard InChI is InChI=1S/C25H39N3O2/c1-18(26)20-7-9-21(10-8-20)22(15-19-5-6-19)28-16-25(17-28)11-13-27(14-12-25)23(29)30-24(2,3)4/h7-10,18-19,22H,5-6,11-17,26H2,1-4H3/t18-,22?/m0/s1. The highest BCUT2D eigenvalue weighted by Crippen LogP contribution is 2.48. The Kier molecular flexibility index (Phi) is 5.88. The van der Waals surface area contributed by atoms with Crippen molar-refractivity contribution in [3.05, 3.63) is 35.4 Å². The fourth-order valence-electron chi connectivity index (χ4n) is 5.03. The Labute approximate surface area is 181 Å². The molecule has 2 saturated heterocycles. The zero-order valence-corrected chi connectivity index (χ0v) is 19.2. The molecule has 0 bridgehead atoms. The average molecular weight is 414 g/mol. The molecule has 3 aliphatic rings. The van der Waals surface area contributed by atoms with E-state index in [-0.39, 0.29) is 12.1 Å². The maximum Gasteiger partial charge on any atom is 0.410 e. The van der Waals surface area contributed by atoms with E-state index in [1.807, 2.05) is 32.6 Å². The van der Waals surface area contributed by atoms with E-state index in [4.69, 9.17) is 10.5 Å². The molecule has 2 heterocycles. The number of nitrogens with zero attached hydrogens (tertiary/aromatic N) is 2. The van der Waals surface area contributed by atoms with E-state index in [9.17, 15) is 4.79 Å². The van der Waals surface area contributed by atoms with Crippen molar-refractivity contribution in [2.24, 2.45) is 17.1 Å². The lowest BCUT2D eigenvalue weighted by atomic mass is 9.70. The molecule has 3 fully saturated rings. The second kappa shape index (κ2) is 8.16. The number of amides is 1. The van der Waals surface area contributed by atoms with Gasteiger partial charge in [0, 0.05) is 38.3 Å². The lowest BCUT2D eigenvalue weighted by Crippen LogP contribution is -2.61. The van der Waals surface area contributed by atoms with Crippen molar-refractivity contribution < 1.29 is 9.53 Å². The third kappa shape index (κ3) is 5.00. The van der Waals surface area contributed by atoms with Gasteiger partial charge in [-0.15, -0.1) is 0 Å². The Balaban J connectivity index is 1.35. The predicted molar refractivity (Wildman–Crippen MR) is 120 cm³/mol. The molecule has 2 aliphatic heterocycles. The molecule has 4 rings (SSSR count). The predicted octanol–water partition coefficient (Wildman–Crippen LogP) is 4.88. The SMILES string of the molecule is C[C@H](N)c1ccc(C(CC2CC2)N2CC3(CCN(C(=O)OC(C)(C)C)CC3)C2)cc1. The Morgan fingerprint density at radius 1 is 1.13 bits per heavy atom. The van der Waals surface area contributed by atoms with Crippen LogP contribution < -0.4 is 5.73 Å². The maximum absolute atomic E-state index is 12.4. The molecule has 1 saturated carbocycles. The molecule has 1 aliphatic carbocycles. The minimum Gasteiger partial charge on any atom is -0.444 e. The second-order valence-electron chi connectivity index (χ2n) is 11.0. The molecule has 2 atom stereocenters. The van der Waals surface area contributed by atoms with Crippen LogP contribution >= 0.6 is 0 Å². The summed E-state index contributed by atoms with van der Waals surface area (Å²) in [6, 6.07) is 9.60. The first-order chi connectivity index (χ1) is 14.1. The third-order valence-corrected chi connectivity index (χ3v) is 7.09. The first kappa shape index (κ1) is 21.6. The van der Waals surface area contributed by atoms with Crippen LogP contribution in [0.4, 0.5) is 4.79 Å². The van der Waals surface area contributed by atoms with Gasteiger partial charge >= 0.3 is 6.09 Å². The van der Waals surface area contributed by atoms with Crippen molar-refractivity contribution in [2.75, 3.05) is 26.2 Å². The van der Waals surface area contributed by atoms with E-state index in [0.29, 0.717) is 11.5 Å². The van der Waals surface area contributed by atoms with Crippen LogP contribution in [-0.2, 0) is 4.74 Å². The van der Waals surface area contributed by atoms with Gasteiger partial charge in [-0.05, 0) is 69.4 Å². The summed E-state index contributed by atoms with van der Waals surface area (Å²) < 4.78 is 5.56. The zero-order valence-electron chi connectivity index (χ0n) is 19.2. The number of carbonyl (C=O) groups excluding carboxylic acids is 1. The number of nitrogens with two attached hydrogens (primary N) is 1. The summed E-state index contributed by atoms with van der Waals surface area (Å²) in [6.45, 7) is 11.8. The monoisotopic (exact) mass is 413 g/mol. The summed E-state index contributed by atoms with van der Waals surface area (Å²) >= 11 is 0. The fourth-order valence-corrected chi connectivity index (χ4v) is 5.03. The lowest BCUT2D eigenvalue weighted by Gasteiger charge is -2.56. The molecule has 1 aromatic carbocycles. The number of carbonyl (C=O) groups is 1. The van der Waals surface area contributed by atoms with E-state index < -0.39 is 5.60 Å². The Morgan fingerprint density at radius 3 is 2.20 bits per heavy atom. The fraction of sp³-hybridized carbons (Fsp3) is 0.720. The smallest absolute Gasteiger partial charge is 0.410 e. The van der Waals surface area contributed by atoms with Crippen LogP contribution in [0.3, 0.4) is 0 Å². The molecule has 1 unspecified atom stereocenters. The van der Waals surface area contributed by atoms with Gasteiger partial charge in [-0.3, -0.25) is 4.90 Å². The van der Waals surface area contributed by atoms with Gasteiger partial charge in [0.1, 0.15) is 5.60 Å². The van der Waals surface area contributed by atoms with E-state index in [1.54, 1.807) is 0 Å². The summed E-state index contributed by atoms with van der Waals surface area (Å²) in [5.74, 6) is 0.897. The number of likely N-dealkylation sites (tertiary alicyclic amines) is 2. The summed E-state index contributed by atoms with van der Waals surface area (Å²) in [7, 11) is 0. The van der Waals surface area contributed by atoms with Crippen molar-refractivity contribution in [1.29, 1.82) is 0 Å². The highest BCUT2D eigenvalue weighted by atomic mass is 16.6. The first-order valence-corrected chi connectivity index (χ1v) is 11.7. The number of hydrogen-bond donors (Lipinski definition) is 1. The summed E-state index contributed by atoms with van der Waals surface area (Å²) in [6.07, 6.45) is 6.06. The van der Waals surface area contributed by atoms with Gasteiger partial charge in [0.15, 0.2) is 0 Å². The Bertz CT molecular complexity index is 733. The summed E-state index contributed by atoms with van der Waals surface area (Å²) in [5, 5.41) is 0. The van der Waals surface area contributed by atoms with E-state index in [2.05, 4.69) is 29.2 Å². The number of ether oxygens (including phenoxy) is 1. The zero-order chi connectivity index (χ0) is 21.5. The van der Waals surface area contributed by atoms with Crippen LogP contribution in [-0.4, -0.2) is 47.7 Å². The molecule has 1 spiro atoms. The highest BCUT2D eigenvalue weighted by molar-refractivity contribution is 5.68. The van der Waals surface area contributed by atoms with Gasteiger partial charge in [0.2, 0.25) is 0 Å². The van der Waals surface area contributed by atoms with Gasteiger partial charge in [-0.2, -0.15) is 0 Å². The third-order valence-electron chi connectivity index (χ3n) is 7.09. The molecule has 1 aromatic rings. The van der Waals surface area contributed by atoms with Crippen molar-refractivity contribution in [1.82, 2.24) is 9.80 Å². The van der Waals surface area contributed by atoms with Gasteiger partial charge in [0.25, 0.3) is 0 Å². The summed E-state index contributed by atoms with van der Waals surface area (Å²) in [4.78, 5) is 17.0. The van der Waals surface area contributed by atoms with Crippen molar-refractivity contribution in [3.8, 4) is 0 Å². The van der Waals surface area contributed by atoms with E-state index in [0.717, 1.165) is 44.9 Å². The molecule has 1 amide bonds. The lowest BCUT2D eigenvalue weighted by molar-refractivity contribution is -0.0744. The molecule has 166 valence electrons. The highest BCUT2D eigenvalue weighted by Gasteiger charge is 2.48. The van der Waals surface area contributed by atoms with Crippen molar-refractivity contribution in [3.63, 3.8) is 0 Å². The number of benzene rings is 1. The van der Waals surface area contributed by atoms with Crippen LogP contribution in [0, 0.1) is 11.3 Å². The second-order valence-corrected chi connectivity index (χ2v) is 11.0. The van der Waals surface area contributed by atoms with Gasteiger partial charge < -0.3 is 15.4 Å². The van der Waals surface area contributed by atoms with Crippen molar-refractivity contribution in [2.45, 2.75) is 77.5 Å². The molecule has 5 nitrogen and oxygen atoms in total. The molecular formula is C25H39N3O2. The summed E-state index contributed by atoms with van der Waals surface area (Å²) in [5.41, 5.74) is 8.64. The minimum absolute atomic E-state index is 0.0865. The minimum atomic E-state index is -0.424. The normalized spacial score (nSPS) is 23.7. The first-order valence-electron chi connectivity index (χ1n) is 11.7. The number of rotatable bonds is 5. The van der Waals surface area contributed by atoms with Gasteiger partial charge in [0.05, 0.1) is 0 Å². The van der Waals surface area contributed by atoms with Crippen LogP contribution in [0.2, 0.25) is 0 Å². The van der Waals surface area contributed by atoms with Crippen molar-refractivity contribution >= 4 is 6.09 Å².